The summed E-state index contributed by atoms with van der Waals surface area (Å²) in [4.78, 5) is 0. The molecular formula is C9H8OTiV. The van der Waals surface area contributed by atoms with Gasteiger partial charge in [-0.3, -0.25) is 0 Å². The molecule has 0 bridgehead atoms. The van der Waals surface area contributed by atoms with Crippen molar-refractivity contribution in [2.75, 3.05) is 6.61 Å². The Morgan fingerprint density at radius 2 is 1.92 bits per heavy atom. The molecule has 3 heteroatoms. The average molecular weight is 231 g/mol. The fourth-order valence-electron chi connectivity index (χ4n) is 1.06. The predicted octanol–water partition coefficient (Wildman–Crippen LogP) is 2.09. The largest absolute Gasteiger partial charge is 0.489 e. The van der Waals surface area contributed by atoms with E-state index in [0.29, 0.717) is 6.61 Å². The molecule has 0 fully saturated rings. The topological polar surface area (TPSA) is 9.23 Å². The molecule has 12 heavy (non-hydrogen) atoms. The monoisotopic (exact) mass is 231 g/mol. The van der Waals surface area contributed by atoms with Crippen molar-refractivity contribution in [1.29, 1.82) is 0 Å². The van der Waals surface area contributed by atoms with Gasteiger partial charge in [0.25, 0.3) is 0 Å². The number of fused-ring (bicyclic) bond motifs is 1. The van der Waals surface area contributed by atoms with E-state index in [-0.39, 0.29) is 40.3 Å². The van der Waals surface area contributed by atoms with Crippen molar-refractivity contribution < 1.29 is 45.0 Å². The van der Waals surface area contributed by atoms with Crippen molar-refractivity contribution in [2.45, 2.75) is 0 Å². The Bertz CT molecular complexity index is 273. The van der Waals surface area contributed by atoms with Gasteiger partial charge in [-0.15, -0.1) is 0 Å². The molecule has 1 nitrogen and oxygen atoms in total. The van der Waals surface area contributed by atoms with E-state index in [1.165, 1.54) is 5.56 Å². The van der Waals surface area contributed by atoms with Gasteiger partial charge in [-0.05, 0) is 12.1 Å². The fraction of sp³-hybridized carbons (Fsp3) is 0.111. The summed E-state index contributed by atoms with van der Waals surface area (Å²) in [7, 11) is 0. The van der Waals surface area contributed by atoms with Crippen LogP contribution in [0, 0.1) is 0 Å². The second kappa shape index (κ2) is 5.66. The molecule has 0 saturated carbocycles. The minimum absolute atomic E-state index is 0. The third kappa shape index (κ3) is 2.53. The van der Waals surface area contributed by atoms with E-state index in [1.807, 2.05) is 30.3 Å². The van der Waals surface area contributed by atoms with Crippen molar-refractivity contribution in [3.05, 3.63) is 35.9 Å². The van der Waals surface area contributed by atoms with Crippen LogP contribution in [0.5, 0.6) is 5.75 Å². The molecule has 0 unspecified atom stereocenters. The third-order valence-corrected chi connectivity index (χ3v) is 1.55. The standard InChI is InChI=1S/C9H8O.Ti.V/c1-2-6-9-8(4-1)5-3-7-10-9;;/h1-6H,7H2;;. The maximum absolute atomic E-state index is 5.34. The van der Waals surface area contributed by atoms with E-state index >= 15 is 0 Å². The minimum Gasteiger partial charge on any atom is -0.489 e. The zero-order valence-corrected chi connectivity index (χ0v) is 9.48. The maximum Gasteiger partial charge on any atom is 0.126 e. The van der Waals surface area contributed by atoms with Crippen LogP contribution in [-0.4, -0.2) is 6.61 Å². The maximum atomic E-state index is 5.34. The van der Waals surface area contributed by atoms with Crippen LogP contribution in [0.15, 0.2) is 30.3 Å². The van der Waals surface area contributed by atoms with Gasteiger partial charge >= 0.3 is 0 Å². The molecule has 1 radical (unpaired) electrons. The van der Waals surface area contributed by atoms with E-state index < -0.39 is 0 Å². The molecule has 0 amide bonds. The molecule has 59 valence electrons. The first-order valence-corrected chi connectivity index (χ1v) is 3.35. The Hall–Kier alpha value is 0.0587. The molecule has 0 aromatic heterocycles. The molecule has 0 spiro atoms. The first-order valence-electron chi connectivity index (χ1n) is 3.35. The van der Waals surface area contributed by atoms with Crippen LogP contribution in [0.25, 0.3) is 6.08 Å². The van der Waals surface area contributed by atoms with Crippen LogP contribution in [0.2, 0.25) is 0 Å². The summed E-state index contributed by atoms with van der Waals surface area (Å²) in [6.07, 6.45) is 4.10. The second-order valence-electron chi connectivity index (χ2n) is 2.25. The van der Waals surface area contributed by atoms with E-state index in [4.69, 9.17) is 4.74 Å². The zero-order valence-electron chi connectivity index (χ0n) is 6.53. The van der Waals surface area contributed by atoms with Gasteiger partial charge in [-0.1, -0.05) is 24.3 Å². The third-order valence-electron chi connectivity index (χ3n) is 1.55. The Morgan fingerprint density at radius 1 is 1.17 bits per heavy atom. The number of para-hydroxylation sites is 1. The second-order valence-corrected chi connectivity index (χ2v) is 2.25. The number of hydrogen-bond donors (Lipinski definition) is 0. The fourth-order valence-corrected chi connectivity index (χ4v) is 1.06. The first kappa shape index (κ1) is 12.1. The van der Waals surface area contributed by atoms with E-state index in [2.05, 4.69) is 6.08 Å². The number of hydrogen-bond acceptors (Lipinski definition) is 1. The van der Waals surface area contributed by atoms with E-state index in [9.17, 15) is 0 Å². The normalized spacial score (nSPS) is 11.7. The summed E-state index contributed by atoms with van der Waals surface area (Å²) < 4.78 is 5.34. The van der Waals surface area contributed by atoms with E-state index in [0.717, 1.165) is 5.75 Å². The van der Waals surface area contributed by atoms with Gasteiger partial charge in [0, 0.05) is 45.8 Å². The smallest absolute Gasteiger partial charge is 0.126 e. The summed E-state index contributed by atoms with van der Waals surface area (Å²) in [6, 6.07) is 8.03. The summed E-state index contributed by atoms with van der Waals surface area (Å²) in [5.41, 5.74) is 1.17. The molecule has 0 N–H and O–H groups in total. The molecule has 1 aromatic carbocycles. The molecule has 0 atom stereocenters. The zero-order chi connectivity index (χ0) is 6.81. The SMILES string of the molecule is C1=Cc2ccccc2OC1.[Ti].[V]. The summed E-state index contributed by atoms with van der Waals surface area (Å²) in [5, 5.41) is 0. The van der Waals surface area contributed by atoms with Gasteiger partial charge in [-0.2, -0.15) is 0 Å². The van der Waals surface area contributed by atoms with Crippen LogP contribution in [0.3, 0.4) is 0 Å². The summed E-state index contributed by atoms with van der Waals surface area (Å²) >= 11 is 0. The summed E-state index contributed by atoms with van der Waals surface area (Å²) in [5.74, 6) is 0.991. The molecule has 1 aromatic rings. The van der Waals surface area contributed by atoms with Gasteiger partial charge in [0.1, 0.15) is 12.4 Å². The van der Waals surface area contributed by atoms with Crippen LogP contribution in [0.1, 0.15) is 5.56 Å². The molecule has 0 saturated heterocycles. The first-order chi connectivity index (χ1) is 4.97. The quantitative estimate of drug-likeness (QED) is 0.621. The molecule has 0 aliphatic carbocycles. The summed E-state index contributed by atoms with van der Waals surface area (Å²) in [6.45, 7) is 0.705. The number of rotatable bonds is 0. The Morgan fingerprint density at radius 3 is 2.67 bits per heavy atom. The number of benzene rings is 1. The van der Waals surface area contributed by atoms with E-state index in [1.54, 1.807) is 0 Å². The molecule has 2 rings (SSSR count). The van der Waals surface area contributed by atoms with Gasteiger partial charge in [0.2, 0.25) is 0 Å². The number of ether oxygens (including phenoxy) is 1. The molecule has 1 heterocycles. The average Bonchev–Trinajstić information content (AvgIpc) is 2.05. The molecular weight excluding hydrogens is 223 g/mol. The van der Waals surface area contributed by atoms with Gasteiger partial charge in [0.15, 0.2) is 0 Å². The van der Waals surface area contributed by atoms with Crippen LogP contribution in [0.4, 0.5) is 0 Å². The molecule has 1 aliphatic heterocycles. The Kier molecular flexibility index (Phi) is 5.69. The minimum atomic E-state index is 0. The van der Waals surface area contributed by atoms with Crippen LogP contribution >= 0.6 is 0 Å². The van der Waals surface area contributed by atoms with Crippen molar-refractivity contribution in [3.63, 3.8) is 0 Å². The Labute approximate surface area is 99.0 Å². The van der Waals surface area contributed by atoms with Gasteiger partial charge in [0.05, 0.1) is 0 Å². The van der Waals surface area contributed by atoms with Crippen LogP contribution < -0.4 is 4.74 Å². The predicted molar refractivity (Wildman–Crippen MR) is 41.0 cm³/mol. The van der Waals surface area contributed by atoms with Crippen molar-refractivity contribution in [1.82, 2.24) is 0 Å². The van der Waals surface area contributed by atoms with Gasteiger partial charge < -0.3 is 4.74 Å². The van der Waals surface area contributed by atoms with Crippen molar-refractivity contribution >= 4 is 6.08 Å². The molecule has 1 aliphatic rings. The van der Waals surface area contributed by atoms with Gasteiger partial charge in [-0.25, -0.2) is 0 Å². The van der Waals surface area contributed by atoms with Crippen LogP contribution in [-0.2, 0) is 40.3 Å². The van der Waals surface area contributed by atoms with Crippen molar-refractivity contribution in [2.24, 2.45) is 0 Å². The van der Waals surface area contributed by atoms with Crippen molar-refractivity contribution in [3.8, 4) is 5.75 Å². The Balaban J connectivity index is 0.000000605.